The van der Waals surface area contributed by atoms with Gasteiger partial charge in [-0.1, -0.05) is 15.3 Å². The number of nitro groups is 1. The highest BCUT2D eigenvalue weighted by atomic mass is 16.6. The summed E-state index contributed by atoms with van der Waals surface area (Å²) >= 11 is 0. The Labute approximate surface area is 170 Å². The van der Waals surface area contributed by atoms with Crippen LogP contribution in [0.4, 0.5) is 5.95 Å². The molecule has 12 nitrogen and oxygen atoms in total. The van der Waals surface area contributed by atoms with E-state index < -0.39 is 16.0 Å². The summed E-state index contributed by atoms with van der Waals surface area (Å²) in [7, 11) is 1.86. The van der Waals surface area contributed by atoms with Gasteiger partial charge in [0.05, 0.1) is 29.0 Å². The first-order valence-electron chi connectivity index (χ1n) is 9.24. The van der Waals surface area contributed by atoms with E-state index in [-0.39, 0.29) is 12.5 Å². The summed E-state index contributed by atoms with van der Waals surface area (Å²) in [6, 6.07) is 0. The minimum Gasteiger partial charge on any atom is -0.411 e. The first-order chi connectivity index (χ1) is 13.4. The highest BCUT2D eigenvalue weighted by Crippen LogP contribution is 2.14. The van der Waals surface area contributed by atoms with Gasteiger partial charge in [-0.3, -0.25) is 0 Å². The topological polar surface area (TPSA) is 153 Å². The van der Waals surface area contributed by atoms with Crippen molar-refractivity contribution in [1.82, 2.24) is 25.3 Å². The second-order valence-electron chi connectivity index (χ2n) is 7.87. The predicted molar refractivity (Wildman–Crippen MR) is 110 cm³/mol. The fraction of sp³-hybridized carbons (Fsp3) is 0.706. The van der Waals surface area contributed by atoms with Crippen LogP contribution in [-0.4, -0.2) is 72.5 Å². The van der Waals surface area contributed by atoms with Crippen LogP contribution in [0.25, 0.3) is 0 Å². The van der Waals surface area contributed by atoms with Crippen LogP contribution in [0.15, 0.2) is 22.7 Å². The van der Waals surface area contributed by atoms with E-state index >= 15 is 0 Å². The fourth-order valence-electron chi connectivity index (χ4n) is 2.75. The lowest BCUT2D eigenvalue weighted by molar-refractivity contribution is -0.396. The molecule has 0 spiro atoms. The van der Waals surface area contributed by atoms with Crippen LogP contribution in [0, 0.1) is 10.1 Å². The Morgan fingerprint density at radius 3 is 2.52 bits per heavy atom. The molecule has 0 aliphatic heterocycles. The average Bonchev–Trinajstić information content (AvgIpc) is 3.09. The highest BCUT2D eigenvalue weighted by molar-refractivity contribution is 5.92. The molecule has 1 aromatic rings. The maximum atomic E-state index is 11.0. The van der Waals surface area contributed by atoms with E-state index in [4.69, 9.17) is 5.21 Å². The highest BCUT2D eigenvalue weighted by Gasteiger charge is 2.28. The average molecular weight is 412 g/mol. The fourth-order valence-corrected chi connectivity index (χ4v) is 2.75. The Balaban J connectivity index is 2.62. The van der Waals surface area contributed by atoms with Crippen LogP contribution in [-0.2, 0) is 6.54 Å². The van der Waals surface area contributed by atoms with Gasteiger partial charge >= 0.3 is 5.95 Å². The van der Waals surface area contributed by atoms with Gasteiger partial charge in [0, 0.05) is 26.6 Å². The van der Waals surface area contributed by atoms with Crippen molar-refractivity contribution < 1.29 is 15.3 Å². The first-order valence-corrected chi connectivity index (χ1v) is 9.24. The van der Waals surface area contributed by atoms with Gasteiger partial charge in [0.15, 0.2) is 0 Å². The third kappa shape index (κ3) is 7.07. The minimum absolute atomic E-state index is 0.249. The number of hydrazine groups is 1. The standard InChI is InChI=1S/C17H32N8O4/c1-13(20-26)16(2,3)19-9-11-23(6)22-17(4,5)14(21-27)7-10-24-12-8-18-15(24)25(28)29/h8,12,19,22,26-27H,7,9-11H2,1-6H3/b20-13+,21-14+. The Kier molecular flexibility index (Phi) is 8.67. The summed E-state index contributed by atoms with van der Waals surface area (Å²) in [4.78, 5) is 14.1. The molecule has 29 heavy (non-hydrogen) atoms. The molecule has 12 heteroatoms. The molecule has 1 rings (SSSR count). The van der Waals surface area contributed by atoms with Crippen molar-refractivity contribution in [3.05, 3.63) is 22.5 Å². The van der Waals surface area contributed by atoms with E-state index in [2.05, 4.69) is 26.0 Å². The number of rotatable bonds is 12. The van der Waals surface area contributed by atoms with Crippen LogP contribution in [0.5, 0.6) is 0 Å². The molecular weight excluding hydrogens is 380 g/mol. The number of nitrogens with one attached hydrogen (secondary N) is 2. The van der Waals surface area contributed by atoms with E-state index in [1.807, 2.05) is 39.8 Å². The number of imidazole rings is 1. The van der Waals surface area contributed by atoms with Gasteiger partial charge in [0.25, 0.3) is 0 Å². The van der Waals surface area contributed by atoms with Gasteiger partial charge < -0.3 is 25.8 Å². The van der Waals surface area contributed by atoms with Crippen molar-refractivity contribution in [2.75, 3.05) is 20.1 Å². The van der Waals surface area contributed by atoms with Gasteiger partial charge in [-0.2, -0.15) is 0 Å². The molecule has 0 atom stereocenters. The van der Waals surface area contributed by atoms with E-state index in [0.29, 0.717) is 30.9 Å². The summed E-state index contributed by atoms with van der Waals surface area (Å²) < 4.78 is 1.40. The van der Waals surface area contributed by atoms with Gasteiger partial charge in [0.1, 0.15) is 12.4 Å². The van der Waals surface area contributed by atoms with Crippen molar-refractivity contribution in [3.63, 3.8) is 0 Å². The Bertz CT molecular complexity index is 742. The molecule has 0 bridgehead atoms. The Hall–Kier alpha value is -2.57. The normalized spacial score (nSPS) is 13.9. The van der Waals surface area contributed by atoms with Gasteiger partial charge in [-0.05, 0) is 39.5 Å². The van der Waals surface area contributed by atoms with Crippen molar-refractivity contribution in [2.45, 2.75) is 58.7 Å². The largest absolute Gasteiger partial charge is 0.434 e. The SMILES string of the molecule is C/C(=N\O)C(C)(C)NCCN(C)NC(C)(C)/C(CCn1ccnc1[N+](=O)[O-])=N/O. The molecule has 0 radical (unpaired) electrons. The lowest BCUT2D eigenvalue weighted by atomic mass is 9.96. The Morgan fingerprint density at radius 1 is 1.31 bits per heavy atom. The summed E-state index contributed by atoms with van der Waals surface area (Å²) in [5.74, 6) is -0.249. The molecule has 0 saturated heterocycles. The molecule has 0 saturated carbocycles. The maximum Gasteiger partial charge on any atom is 0.434 e. The zero-order valence-electron chi connectivity index (χ0n) is 17.9. The van der Waals surface area contributed by atoms with E-state index in [9.17, 15) is 15.3 Å². The quantitative estimate of drug-likeness (QED) is 0.174. The second kappa shape index (κ2) is 10.3. The van der Waals surface area contributed by atoms with E-state index in [1.54, 1.807) is 6.92 Å². The lowest BCUT2D eigenvalue weighted by Gasteiger charge is -2.33. The number of aryl methyl sites for hydroxylation is 1. The van der Waals surface area contributed by atoms with Crippen molar-refractivity contribution in [2.24, 2.45) is 10.3 Å². The molecule has 0 fully saturated rings. The number of hydrogen-bond acceptors (Lipinski definition) is 10. The molecule has 0 amide bonds. The minimum atomic E-state index is -0.684. The molecule has 0 aliphatic carbocycles. The monoisotopic (exact) mass is 412 g/mol. The smallest absolute Gasteiger partial charge is 0.411 e. The molecule has 1 aromatic heterocycles. The number of aromatic nitrogens is 2. The molecule has 4 N–H and O–H groups in total. The first kappa shape index (κ1) is 24.5. The van der Waals surface area contributed by atoms with Crippen molar-refractivity contribution >= 4 is 17.4 Å². The van der Waals surface area contributed by atoms with Crippen LogP contribution in [0.1, 0.15) is 41.0 Å². The van der Waals surface area contributed by atoms with Crippen LogP contribution >= 0.6 is 0 Å². The molecule has 164 valence electrons. The van der Waals surface area contributed by atoms with Crippen molar-refractivity contribution in [1.29, 1.82) is 0 Å². The van der Waals surface area contributed by atoms with E-state index in [1.165, 1.54) is 17.0 Å². The van der Waals surface area contributed by atoms with E-state index in [0.717, 1.165) is 0 Å². The van der Waals surface area contributed by atoms with Gasteiger partial charge in [-0.15, -0.1) is 0 Å². The number of oxime groups is 2. The molecule has 0 aromatic carbocycles. The summed E-state index contributed by atoms with van der Waals surface area (Å²) in [6.45, 7) is 10.8. The van der Waals surface area contributed by atoms with Crippen LogP contribution in [0.3, 0.4) is 0 Å². The third-order valence-corrected chi connectivity index (χ3v) is 4.83. The number of nitrogens with zero attached hydrogens (tertiary/aromatic N) is 6. The molecule has 0 aliphatic rings. The number of hydrogen-bond donors (Lipinski definition) is 4. The van der Waals surface area contributed by atoms with Crippen molar-refractivity contribution in [3.8, 4) is 0 Å². The predicted octanol–water partition coefficient (Wildman–Crippen LogP) is 1.44. The zero-order valence-corrected chi connectivity index (χ0v) is 17.9. The summed E-state index contributed by atoms with van der Waals surface area (Å²) in [6.07, 6.45) is 3.19. The van der Waals surface area contributed by atoms with Crippen LogP contribution in [0.2, 0.25) is 0 Å². The molecular formula is C17H32N8O4. The van der Waals surface area contributed by atoms with Crippen LogP contribution < -0.4 is 10.7 Å². The maximum absolute atomic E-state index is 11.0. The van der Waals surface area contributed by atoms with Gasteiger partial charge in [0.2, 0.25) is 0 Å². The summed E-state index contributed by atoms with van der Waals surface area (Å²) in [5.41, 5.74) is 3.17. The third-order valence-electron chi connectivity index (χ3n) is 4.83. The lowest BCUT2D eigenvalue weighted by Crippen LogP contribution is -2.56. The molecule has 1 heterocycles. The Morgan fingerprint density at radius 2 is 1.97 bits per heavy atom. The number of likely N-dealkylation sites (N-methyl/N-ethyl adjacent to an activating group) is 1. The van der Waals surface area contributed by atoms with Gasteiger partial charge in [-0.25, -0.2) is 15.0 Å². The summed E-state index contributed by atoms with van der Waals surface area (Å²) in [5, 5.41) is 41.2. The molecule has 0 unspecified atom stereocenters. The zero-order chi connectivity index (χ0) is 22.2. The second-order valence-corrected chi connectivity index (χ2v) is 7.87.